The summed E-state index contributed by atoms with van der Waals surface area (Å²) in [6.45, 7) is 8.15. The van der Waals surface area contributed by atoms with Crippen molar-refractivity contribution in [2.75, 3.05) is 7.05 Å². The maximum absolute atomic E-state index is 10.7. The van der Waals surface area contributed by atoms with Crippen molar-refractivity contribution in [2.24, 2.45) is 5.41 Å². The van der Waals surface area contributed by atoms with Gasteiger partial charge >= 0.3 is 0 Å². The summed E-state index contributed by atoms with van der Waals surface area (Å²) in [5.41, 5.74) is 1.55. The van der Waals surface area contributed by atoms with Crippen molar-refractivity contribution in [3.63, 3.8) is 0 Å². The van der Waals surface area contributed by atoms with Gasteiger partial charge in [0.25, 0.3) is 5.69 Å². The minimum Gasteiger partial charge on any atom is -0.316 e. The van der Waals surface area contributed by atoms with E-state index in [0.29, 0.717) is 5.69 Å². The minimum absolute atomic E-state index is 0.0792. The summed E-state index contributed by atoms with van der Waals surface area (Å²) in [7, 11) is 1.92. The van der Waals surface area contributed by atoms with Gasteiger partial charge in [-0.1, -0.05) is 20.8 Å². The number of pyridine rings is 1. The van der Waals surface area contributed by atoms with Crippen molar-refractivity contribution in [3.05, 3.63) is 33.6 Å². The molecule has 0 amide bonds. The number of nitro groups is 1. The van der Waals surface area contributed by atoms with E-state index in [1.807, 2.05) is 7.05 Å². The van der Waals surface area contributed by atoms with Crippen LogP contribution in [-0.2, 0) is 6.42 Å². The Kier molecular flexibility index (Phi) is 4.40. The highest BCUT2D eigenvalue weighted by Crippen LogP contribution is 2.23. The smallest absolute Gasteiger partial charge is 0.290 e. The molecule has 0 aliphatic heterocycles. The highest BCUT2D eigenvalue weighted by atomic mass is 16.6. The molecule has 0 saturated heterocycles. The molecule has 1 atom stereocenters. The molecular formula is C13H21N3O2. The van der Waals surface area contributed by atoms with E-state index < -0.39 is 4.92 Å². The molecule has 0 radical (unpaired) electrons. The number of nitrogens with zero attached hydrogens (tertiary/aromatic N) is 2. The van der Waals surface area contributed by atoms with Crippen LogP contribution in [0.25, 0.3) is 0 Å². The minimum atomic E-state index is -0.397. The number of aromatic nitrogens is 1. The molecule has 0 saturated carbocycles. The first kappa shape index (κ1) is 14.6. The second-order valence-corrected chi connectivity index (χ2v) is 5.58. The SMILES string of the molecule is CNC(Cc1ccc([N+](=O)[O-])c(C)n1)C(C)(C)C. The first-order chi connectivity index (χ1) is 8.25. The van der Waals surface area contributed by atoms with Crippen LogP contribution in [0.4, 0.5) is 5.69 Å². The van der Waals surface area contributed by atoms with Crippen LogP contribution in [-0.4, -0.2) is 23.0 Å². The van der Waals surface area contributed by atoms with Gasteiger partial charge in [0.2, 0.25) is 0 Å². The fourth-order valence-corrected chi connectivity index (χ4v) is 1.96. The Morgan fingerprint density at radius 2 is 2.06 bits per heavy atom. The Balaban J connectivity index is 2.92. The third-order valence-electron chi connectivity index (χ3n) is 3.12. The number of rotatable bonds is 4. The largest absolute Gasteiger partial charge is 0.316 e. The molecule has 5 heteroatoms. The molecule has 18 heavy (non-hydrogen) atoms. The number of aryl methyl sites for hydroxylation is 1. The number of hydrogen-bond acceptors (Lipinski definition) is 4. The van der Waals surface area contributed by atoms with Gasteiger partial charge < -0.3 is 5.32 Å². The summed E-state index contributed by atoms with van der Waals surface area (Å²) in [6, 6.07) is 3.56. The second-order valence-electron chi connectivity index (χ2n) is 5.58. The fraction of sp³-hybridized carbons (Fsp3) is 0.615. The Labute approximate surface area is 108 Å². The number of likely N-dealkylation sites (N-methyl/N-ethyl adjacent to an activating group) is 1. The van der Waals surface area contributed by atoms with Gasteiger partial charge in [-0.3, -0.25) is 15.1 Å². The van der Waals surface area contributed by atoms with E-state index in [4.69, 9.17) is 0 Å². The summed E-state index contributed by atoms with van der Waals surface area (Å²) in [5, 5.41) is 14.0. The van der Waals surface area contributed by atoms with Gasteiger partial charge in [-0.25, -0.2) is 0 Å². The van der Waals surface area contributed by atoms with Crippen molar-refractivity contribution >= 4 is 5.69 Å². The monoisotopic (exact) mass is 251 g/mol. The standard InChI is InChI=1S/C13H21N3O2/c1-9-11(16(17)18)7-6-10(15-9)8-12(14-5)13(2,3)4/h6-7,12,14H,8H2,1-5H3. The van der Waals surface area contributed by atoms with Crippen LogP contribution < -0.4 is 5.32 Å². The zero-order chi connectivity index (χ0) is 13.9. The topological polar surface area (TPSA) is 68.1 Å². The van der Waals surface area contributed by atoms with Gasteiger partial charge in [-0.15, -0.1) is 0 Å². The maximum Gasteiger partial charge on any atom is 0.290 e. The lowest BCUT2D eigenvalue weighted by molar-refractivity contribution is -0.385. The number of nitrogens with one attached hydrogen (secondary N) is 1. The van der Waals surface area contributed by atoms with Crippen LogP contribution in [0.2, 0.25) is 0 Å². The fourth-order valence-electron chi connectivity index (χ4n) is 1.96. The van der Waals surface area contributed by atoms with E-state index in [-0.39, 0.29) is 17.1 Å². The molecule has 1 N–H and O–H groups in total. The highest BCUT2D eigenvalue weighted by Gasteiger charge is 2.24. The Morgan fingerprint density at radius 1 is 1.44 bits per heavy atom. The Morgan fingerprint density at radius 3 is 2.44 bits per heavy atom. The second kappa shape index (κ2) is 5.44. The van der Waals surface area contributed by atoms with Crippen LogP contribution in [0, 0.1) is 22.5 Å². The van der Waals surface area contributed by atoms with E-state index in [1.54, 1.807) is 13.0 Å². The lowest BCUT2D eigenvalue weighted by Gasteiger charge is -2.30. The van der Waals surface area contributed by atoms with Crippen LogP contribution >= 0.6 is 0 Å². The molecule has 5 nitrogen and oxygen atoms in total. The van der Waals surface area contributed by atoms with Crippen molar-refractivity contribution in [1.82, 2.24) is 10.3 Å². The van der Waals surface area contributed by atoms with Crippen molar-refractivity contribution in [1.29, 1.82) is 0 Å². The summed E-state index contributed by atoms with van der Waals surface area (Å²) < 4.78 is 0. The first-order valence-corrected chi connectivity index (χ1v) is 6.04. The van der Waals surface area contributed by atoms with Gasteiger partial charge in [0, 0.05) is 24.2 Å². The van der Waals surface area contributed by atoms with E-state index in [1.165, 1.54) is 6.07 Å². The third-order valence-corrected chi connectivity index (χ3v) is 3.12. The lowest BCUT2D eigenvalue weighted by atomic mass is 9.84. The Hall–Kier alpha value is -1.49. The van der Waals surface area contributed by atoms with Crippen molar-refractivity contribution in [3.8, 4) is 0 Å². The maximum atomic E-state index is 10.7. The van der Waals surface area contributed by atoms with Gasteiger partial charge in [-0.05, 0) is 25.5 Å². The molecule has 1 aromatic heterocycles. The van der Waals surface area contributed by atoms with Gasteiger partial charge in [-0.2, -0.15) is 0 Å². The molecule has 1 rings (SSSR count). The average molecular weight is 251 g/mol. The van der Waals surface area contributed by atoms with Crippen LogP contribution in [0.3, 0.4) is 0 Å². The van der Waals surface area contributed by atoms with Crippen molar-refractivity contribution in [2.45, 2.75) is 40.2 Å². The quantitative estimate of drug-likeness (QED) is 0.659. The lowest BCUT2D eigenvalue weighted by Crippen LogP contribution is -2.40. The molecule has 0 spiro atoms. The molecule has 0 aliphatic rings. The highest BCUT2D eigenvalue weighted by molar-refractivity contribution is 5.35. The molecule has 1 heterocycles. The Bertz CT molecular complexity index is 438. The molecule has 1 aromatic rings. The first-order valence-electron chi connectivity index (χ1n) is 6.04. The summed E-state index contributed by atoms with van der Waals surface area (Å²) in [6.07, 6.45) is 0.763. The zero-order valence-electron chi connectivity index (χ0n) is 11.7. The normalized spacial score (nSPS) is 13.4. The molecular weight excluding hydrogens is 230 g/mol. The van der Waals surface area contributed by atoms with E-state index in [0.717, 1.165) is 12.1 Å². The van der Waals surface area contributed by atoms with E-state index in [2.05, 4.69) is 31.1 Å². The van der Waals surface area contributed by atoms with Crippen molar-refractivity contribution < 1.29 is 4.92 Å². The molecule has 1 unspecified atom stereocenters. The average Bonchev–Trinajstić information content (AvgIpc) is 2.23. The third kappa shape index (κ3) is 3.50. The molecule has 100 valence electrons. The van der Waals surface area contributed by atoms with Crippen LogP contribution in [0.1, 0.15) is 32.2 Å². The van der Waals surface area contributed by atoms with E-state index in [9.17, 15) is 10.1 Å². The van der Waals surface area contributed by atoms with Crippen LogP contribution in [0.15, 0.2) is 12.1 Å². The predicted octanol–water partition coefficient (Wildman–Crippen LogP) is 2.47. The van der Waals surface area contributed by atoms with Gasteiger partial charge in [0.05, 0.1) is 4.92 Å². The molecule has 0 aliphatic carbocycles. The van der Waals surface area contributed by atoms with Gasteiger partial charge in [0.1, 0.15) is 5.69 Å². The summed E-state index contributed by atoms with van der Waals surface area (Å²) >= 11 is 0. The summed E-state index contributed by atoms with van der Waals surface area (Å²) in [5.74, 6) is 0. The van der Waals surface area contributed by atoms with E-state index >= 15 is 0 Å². The zero-order valence-corrected chi connectivity index (χ0v) is 11.7. The molecule has 0 aromatic carbocycles. The number of hydrogen-bond donors (Lipinski definition) is 1. The van der Waals surface area contributed by atoms with Crippen LogP contribution in [0.5, 0.6) is 0 Å². The molecule has 0 bridgehead atoms. The molecule has 0 fully saturated rings. The predicted molar refractivity (Wildman–Crippen MR) is 71.6 cm³/mol. The van der Waals surface area contributed by atoms with Gasteiger partial charge in [0.15, 0.2) is 0 Å². The summed E-state index contributed by atoms with van der Waals surface area (Å²) in [4.78, 5) is 14.6.